The smallest absolute Gasteiger partial charge is 0.480 e. The summed E-state index contributed by atoms with van der Waals surface area (Å²) in [6, 6.07) is 3.37. The second-order valence-corrected chi connectivity index (χ2v) is 7.40. The number of hydrogen-bond donors (Lipinski definition) is 5. The van der Waals surface area contributed by atoms with Gasteiger partial charge in [-0.05, 0) is 23.3 Å². The van der Waals surface area contributed by atoms with Crippen molar-refractivity contribution in [2.45, 2.75) is 19.3 Å². The van der Waals surface area contributed by atoms with Crippen LogP contribution in [0.15, 0.2) is 24.3 Å². The molecule has 0 aromatic heterocycles. The van der Waals surface area contributed by atoms with Crippen molar-refractivity contribution >= 4 is 42.9 Å². The van der Waals surface area contributed by atoms with E-state index in [-0.39, 0.29) is 24.1 Å². The van der Waals surface area contributed by atoms with E-state index >= 15 is 0 Å². The number of benzene rings is 2. The maximum absolute atomic E-state index is 14.7. The Labute approximate surface area is 185 Å². The minimum Gasteiger partial charge on any atom is -0.480 e. The van der Waals surface area contributed by atoms with Crippen molar-refractivity contribution in [1.29, 1.82) is 0 Å². The highest BCUT2D eigenvalue weighted by molar-refractivity contribution is 6.62. The molecule has 2 aromatic carbocycles. The summed E-state index contributed by atoms with van der Waals surface area (Å²) in [6.45, 7) is -0.708. The Hall–Kier alpha value is -3.32. The molecule has 4 rings (SSSR count). The molecule has 2 aromatic rings. The largest absolute Gasteiger partial charge is 0.494 e. The van der Waals surface area contributed by atoms with Gasteiger partial charge in [0.2, 0.25) is 0 Å². The van der Waals surface area contributed by atoms with Crippen LogP contribution in [0.1, 0.15) is 31.8 Å². The highest BCUT2D eigenvalue weighted by Crippen LogP contribution is 2.17. The SMILES string of the molecule is O=C(NC[C@H](NC(=O)c1ccc2c(c1F)B(O)OC2)C(=O)O)c1ccc2c(c1F)B(O)OC2. The Balaban J connectivity index is 1.46. The number of carboxylic acids is 1. The lowest BCUT2D eigenvalue weighted by Crippen LogP contribution is -2.49. The average Bonchev–Trinajstić information content (AvgIpc) is 3.34. The number of fused-ring (bicyclic) bond motifs is 2. The zero-order chi connectivity index (χ0) is 23.9. The minimum absolute atomic E-state index is 0.0230. The number of rotatable bonds is 6. The molecule has 0 fully saturated rings. The molecule has 5 N–H and O–H groups in total. The lowest BCUT2D eigenvalue weighted by Gasteiger charge is -2.17. The fraction of sp³-hybridized carbons (Fsp3) is 0.211. The number of carboxylic acid groups (broad SMARTS) is 1. The van der Waals surface area contributed by atoms with Crippen LogP contribution in [0.4, 0.5) is 8.78 Å². The molecule has 0 radical (unpaired) electrons. The predicted octanol–water partition coefficient (Wildman–Crippen LogP) is -1.99. The Morgan fingerprint density at radius 2 is 1.39 bits per heavy atom. The first-order valence-corrected chi connectivity index (χ1v) is 9.72. The first-order chi connectivity index (χ1) is 15.7. The summed E-state index contributed by atoms with van der Waals surface area (Å²) in [5.74, 6) is -5.68. The molecule has 2 heterocycles. The molecular formula is C19H16B2F2N2O8. The lowest BCUT2D eigenvalue weighted by atomic mass is 9.78. The average molecular weight is 460 g/mol. The zero-order valence-electron chi connectivity index (χ0n) is 16.8. The molecule has 0 bridgehead atoms. The summed E-state index contributed by atoms with van der Waals surface area (Å²) in [6.07, 6.45) is 0. The molecule has 33 heavy (non-hydrogen) atoms. The van der Waals surface area contributed by atoms with Crippen LogP contribution in [0.5, 0.6) is 0 Å². The quantitative estimate of drug-likeness (QED) is 0.311. The maximum atomic E-state index is 14.7. The van der Waals surface area contributed by atoms with Gasteiger partial charge in [0.1, 0.15) is 17.7 Å². The van der Waals surface area contributed by atoms with E-state index < -0.39 is 67.4 Å². The van der Waals surface area contributed by atoms with Crippen LogP contribution in [-0.4, -0.2) is 59.8 Å². The molecule has 0 aliphatic carbocycles. The van der Waals surface area contributed by atoms with Crippen LogP contribution in [0.3, 0.4) is 0 Å². The van der Waals surface area contributed by atoms with E-state index in [1.54, 1.807) is 0 Å². The minimum atomic E-state index is -1.68. The summed E-state index contributed by atoms with van der Waals surface area (Å²) in [4.78, 5) is 36.4. The van der Waals surface area contributed by atoms with Crippen LogP contribution in [0, 0.1) is 11.6 Å². The van der Waals surface area contributed by atoms with Gasteiger partial charge < -0.3 is 35.1 Å². The third kappa shape index (κ3) is 4.20. The molecule has 1 atom stereocenters. The summed E-state index contributed by atoms with van der Waals surface area (Å²) in [5, 5.41) is 33.1. The van der Waals surface area contributed by atoms with Crippen LogP contribution in [-0.2, 0) is 27.3 Å². The zero-order valence-corrected chi connectivity index (χ0v) is 16.8. The van der Waals surface area contributed by atoms with Crippen molar-refractivity contribution < 1.29 is 47.6 Å². The number of nitrogens with one attached hydrogen (secondary N) is 2. The number of hydrogen-bond acceptors (Lipinski definition) is 7. The first kappa shape index (κ1) is 22.9. The van der Waals surface area contributed by atoms with E-state index in [4.69, 9.17) is 9.31 Å². The Bertz CT molecular complexity index is 1170. The molecule has 0 saturated carbocycles. The summed E-state index contributed by atoms with van der Waals surface area (Å²) < 4.78 is 39.1. The van der Waals surface area contributed by atoms with E-state index in [0.29, 0.717) is 11.1 Å². The molecule has 0 unspecified atom stereocenters. The lowest BCUT2D eigenvalue weighted by molar-refractivity contribution is -0.139. The number of carbonyl (C=O) groups excluding carboxylic acids is 2. The predicted molar refractivity (Wildman–Crippen MR) is 109 cm³/mol. The van der Waals surface area contributed by atoms with Crippen molar-refractivity contribution in [1.82, 2.24) is 10.6 Å². The fourth-order valence-electron chi connectivity index (χ4n) is 3.63. The Morgan fingerprint density at radius 1 is 0.909 bits per heavy atom. The summed E-state index contributed by atoms with van der Waals surface area (Å²) in [5.41, 5.74) is -0.628. The molecular weight excluding hydrogens is 444 g/mol. The Kier molecular flexibility index (Phi) is 6.17. The second kappa shape index (κ2) is 8.90. The third-order valence-electron chi connectivity index (χ3n) is 5.39. The number of halogens is 2. The van der Waals surface area contributed by atoms with Crippen LogP contribution in [0.2, 0.25) is 0 Å². The molecule has 2 aliphatic heterocycles. The van der Waals surface area contributed by atoms with Gasteiger partial charge in [-0.3, -0.25) is 9.59 Å². The van der Waals surface area contributed by atoms with Gasteiger partial charge in [-0.15, -0.1) is 0 Å². The van der Waals surface area contributed by atoms with E-state index in [0.717, 1.165) is 12.1 Å². The van der Waals surface area contributed by atoms with Gasteiger partial charge in [0.05, 0.1) is 24.3 Å². The number of amides is 2. The molecule has 0 spiro atoms. The van der Waals surface area contributed by atoms with Gasteiger partial charge in [-0.25, -0.2) is 13.6 Å². The maximum Gasteiger partial charge on any atom is 0.494 e. The van der Waals surface area contributed by atoms with Gasteiger partial charge >= 0.3 is 20.2 Å². The second-order valence-electron chi connectivity index (χ2n) is 7.40. The molecule has 14 heteroatoms. The van der Waals surface area contributed by atoms with E-state index in [1.807, 2.05) is 0 Å². The topological polar surface area (TPSA) is 154 Å². The highest BCUT2D eigenvalue weighted by atomic mass is 19.1. The standard InChI is InChI=1S/C19H16B2F2N2O8/c22-15-10(3-1-8-6-32-20(30)13(8)15)17(26)24-5-12(19(28)29)25-18(27)11-4-2-9-7-33-21(31)14(9)16(11)23/h1-4,12,30-31H,5-7H2,(H,24,26)(H,25,27)(H,28,29)/t12-/m0/s1. The normalized spacial score (nSPS) is 15.2. The third-order valence-corrected chi connectivity index (χ3v) is 5.39. The van der Waals surface area contributed by atoms with Crippen molar-refractivity contribution in [2.75, 3.05) is 6.54 Å². The molecule has 2 aliphatic rings. The Morgan fingerprint density at radius 3 is 1.88 bits per heavy atom. The monoisotopic (exact) mass is 460 g/mol. The number of aliphatic carboxylic acids is 1. The van der Waals surface area contributed by atoms with Gasteiger partial charge in [0.15, 0.2) is 0 Å². The van der Waals surface area contributed by atoms with Gasteiger partial charge in [-0.2, -0.15) is 0 Å². The van der Waals surface area contributed by atoms with Gasteiger partial charge in [-0.1, -0.05) is 12.1 Å². The summed E-state index contributed by atoms with van der Waals surface area (Å²) in [7, 11) is -3.07. The first-order valence-electron chi connectivity index (χ1n) is 9.72. The van der Waals surface area contributed by atoms with Crippen molar-refractivity contribution in [3.63, 3.8) is 0 Å². The van der Waals surface area contributed by atoms with Crippen molar-refractivity contribution in [3.05, 3.63) is 58.2 Å². The molecule has 0 saturated heterocycles. The van der Waals surface area contributed by atoms with Crippen LogP contribution in [0.25, 0.3) is 0 Å². The fourth-order valence-corrected chi connectivity index (χ4v) is 3.63. The van der Waals surface area contributed by atoms with E-state index in [9.17, 15) is 38.3 Å². The van der Waals surface area contributed by atoms with Gasteiger partial charge in [0, 0.05) is 17.5 Å². The highest BCUT2D eigenvalue weighted by Gasteiger charge is 2.35. The van der Waals surface area contributed by atoms with E-state index in [2.05, 4.69) is 10.6 Å². The van der Waals surface area contributed by atoms with Crippen molar-refractivity contribution in [3.8, 4) is 0 Å². The molecule has 10 nitrogen and oxygen atoms in total. The van der Waals surface area contributed by atoms with Crippen LogP contribution >= 0.6 is 0 Å². The molecule has 2 amide bonds. The molecule has 170 valence electrons. The van der Waals surface area contributed by atoms with Crippen molar-refractivity contribution in [2.24, 2.45) is 0 Å². The number of carbonyl (C=O) groups is 3. The van der Waals surface area contributed by atoms with Gasteiger partial charge in [0.25, 0.3) is 11.8 Å². The van der Waals surface area contributed by atoms with Crippen LogP contribution < -0.4 is 21.6 Å². The summed E-state index contributed by atoms with van der Waals surface area (Å²) >= 11 is 0. The van der Waals surface area contributed by atoms with E-state index in [1.165, 1.54) is 12.1 Å².